The van der Waals surface area contributed by atoms with Crippen LogP contribution in [-0.2, 0) is 6.54 Å². The van der Waals surface area contributed by atoms with Crippen LogP contribution in [0, 0.1) is 6.92 Å². The number of guanidine groups is 1. The first kappa shape index (κ1) is 20.8. The van der Waals surface area contributed by atoms with E-state index in [4.69, 9.17) is 4.74 Å². The lowest BCUT2D eigenvalue weighted by molar-refractivity contribution is 0.307. The van der Waals surface area contributed by atoms with Gasteiger partial charge in [-0.1, -0.05) is 17.7 Å². The van der Waals surface area contributed by atoms with E-state index in [0.29, 0.717) is 0 Å². The van der Waals surface area contributed by atoms with E-state index in [-0.39, 0.29) is 24.0 Å². The number of unbranched alkanes of at least 4 members (excludes halogenated alkanes) is 1. The van der Waals surface area contributed by atoms with Crippen LogP contribution in [0.3, 0.4) is 0 Å². The zero-order chi connectivity index (χ0) is 16.3. The van der Waals surface area contributed by atoms with Crippen molar-refractivity contribution in [1.29, 1.82) is 0 Å². The highest BCUT2D eigenvalue weighted by atomic mass is 127. The smallest absolute Gasteiger partial charge is 0.191 e. The van der Waals surface area contributed by atoms with Crippen LogP contribution in [-0.4, -0.2) is 26.2 Å². The van der Waals surface area contributed by atoms with Crippen LogP contribution in [0.15, 0.2) is 46.1 Å². The summed E-state index contributed by atoms with van der Waals surface area (Å²) in [6.07, 6.45) is 2.06. The van der Waals surface area contributed by atoms with E-state index in [1.165, 1.54) is 11.1 Å². The minimum absolute atomic E-state index is 0. The highest BCUT2D eigenvalue weighted by Crippen LogP contribution is 2.11. The SMILES string of the molecule is CN=C(NCCCCOc1ccc(C)cc1)NCc1ccsc1.I. The molecule has 0 atom stereocenters. The lowest BCUT2D eigenvalue weighted by atomic mass is 10.2. The van der Waals surface area contributed by atoms with Gasteiger partial charge >= 0.3 is 0 Å². The number of nitrogens with zero attached hydrogens (tertiary/aromatic N) is 1. The molecule has 2 rings (SSSR count). The number of thiophene rings is 1. The summed E-state index contributed by atoms with van der Waals surface area (Å²) in [6.45, 7) is 4.51. The highest BCUT2D eigenvalue weighted by Gasteiger charge is 1.99. The standard InChI is InChI=1S/C18H25N3OS.HI/c1-15-5-7-17(8-6-15)22-11-4-3-10-20-18(19-2)21-13-16-9-12-23-14-16;/h5-9,12,14H,3-4,10-11,13H2,1-2H3,(H2,19,20,21);1H. The maximum absolute atomic E-state index is 5.72. The van der Waals surface area contributed by atoms with Gasteiger partial charge in [-0.05, 0) is 54.3 Å². The van der Waals surface area contributed by atoms with Crippen molar-refractivity contribution in [3.8, 4) is 5.75 Å². The zero-order valence-corrected chi connectivity index (χ0v) is 17.4. The summed E-state index contributed by atoms with van der Waals surface area (Å²) in [4.78, 5) is 4.23. The third kappa shape index (κ3) is 8.01. The summed E-state index contributed by atoms with van der Waals surface area (Å²) in [6, 6.07) is 10.3. The Bertz CT molecular complexity index is 585. The quantitative estimate of drug-likeness (QED) is 0.269. The van der Waals surface area contributed by atoms with Crippen molar-refractivity contribution >= 4 is 41.3 Å². The van der Waals surface area contributed by atoms with E-state index in [2.05, 4.69) is 51.5 Å². The molecule has 1 heterocycles. The molecule has 2 aromatic rings. The molecule has 0 radical (unpaired) electrons. The number of rotatable bonds is 8. The monoisotopic (exact) mass is 459 g/mol. The van der Waals surface area contributed by atoms with Gasteiger partial charge in [0.1, 0.15) is 5.75 Å². The van der Waals surface area contributed by atoms with Crippen molar-refractivity contribution < 1.29 is 4.74 Å². The van der Waals surface area contributed by atoms with Crippen LogP contribution < -0.4 is 15.4 Å². The van der Waals surface area contributed by atoms with E-state index in [1.54, 1.807) is 18.4 Å². The average molecular weight is 459 g/mol. The molecule has 6 heteroatoms. The molecule has 2 N–H and O–H groups in total. The first-order valence-corrected chi connectivity index (χ1v) is 8.87. The molecule has 0 fully saturated rings. The Morgan fingerprint density at radius 3 is 2.58 bits per heavy atom. The first-order chi connectivity index (χ1) is 11.3. The summed E-state index contributed by atoms with van der Waals surface area (Å²) < 4.78 is 5.72. The molecule has 0 saturated carbocycles. The zero-order valence-electron chi connectivity index (χ0n) is 14.2. The summed E-state index contributed by atoms with van der Waals surface area (Å²) in [5, 5.41) is 10.9. The Kier molecular flexibility index (Phi) is 10.5. The Labute approximate surface area is 165 Å². The second kappa shape index (κ2) is 12.1. The van der Waals surface area contributed by atoms with Gasteiger partial charge in [-0.25, -0.2) is 0 Å². The molecular formula is C18H26IN3OS. The normalized spacial score (nSPS) is 10.8. The number of aryl methyl sites for hydroxylation is 1. The maximum Gasteiger partial charge on any atom is 0.191 e. The van der Waals surface area contributed by atoms with Gasteiger partial charge in [0.05, 0.1) is 6.61 Å². The number of benzene rings is 1. The number of aliphatic imine (C=N–C) groups is 1. The Morgan fingerprint density at radius 2 is 1.92 bits per heavy atom. The van der Waals surface area contributed by atoms with Gasteiger partial charge in [0.15, 0.2) is 5.96 Å². The average Bonchev–Trinajstić information content (AvgIpc) is 3.08. The minimum atomic E-state index is 0. The van der Waals surface area contributed by atoms with Gasteiger partial charge in [0.2, 0.25) is 0 Å². The van der Waals surface area contributed by atoms with Crippen molar-refractivity contribution in [3.05, 3.63) is 52.2 Å². The van der Waals surface area contributed by atoms with Crippen molar-refractivity contribution in [3.63, 3.8) is 0 Å². The Balaban J connectivity index is 0.00000288. The largest absolute Gasteiger partial charge is 0.494 e. The fraction of sp³-hybridized carbons (Fsp3) is 0.389. The van der Waals surface area contributed by atoms with Crippen LogP contribution in [0.1, 0.15) is 24.0 Å². The van der Waals surface area contributed by atoms with Crippen molar-refractivity contribution in [1.82, 2.24) is 10.6 Å². The van der Waals surface area contributed by atoms with Gasteiger partial charge in [-0.2, -0.15) is 11.3 Å². The molecule has 0 aliphatic rings. The van der Waals surface area contributed by atoms with Crippen LogP contribution in [0.25, 0.3) is 0 Å². The van der Waals surface area contributed by atoms with E-state index < -0.39 is 0 Å². The lowest BCUT2D eigenvalue weighted by Crippen LogP contribution is -2.37. The number of ether oxygens (including phenoxy) is 1. The summed E-state index contributed by atoms with van der Waals surface area (Å²) in [5.41, 5.74) is 2.53. The molecule has 0 bridgehead atoms. The highest BCUT2D eigenvalue weighted by molar-refractivity contribution is 14.0. The van der Waals surface area contributed by atoms with Crippen molar-refractivity contribution in [2.75, 3.05) is 20.2 Å². The maximum atomic E-state index is 5.72. The van der Waals surface area contributed by atoms with Gasteiger partial charge in [0, 0.05) is 20.1 Å². The van der Waals surface area contributed by atoms with Gasteiger partial charge < -0.3 is 15.4 Å². The van der Waals surface area contributed by atoms with Crippen LogP contribution >= 0.6 is 35.3 Å². The van der Waals surface area contributed by atoms with E-state index in [0.717, 1.165) is 44.2 Å². The molecule has 0 aliphatic carbocycles. The Morgan fingerprint density at radius 1 is 1.12 bits per heavy atom. The summed E-state index contributed by atoms with van der Waals surface area (Å²) in [7, 11) is 1.80. The molecule has 0 spiro atoms. The first-order valence-electron chi connectivity index (χ1n) is 7.93. The third-order valence-electron chi connectivity index (χ3n) is 3.42. The molecule has 0 saturated heterocycles. The van der Waals surface area contributed by atoms with Crippen molar-refractivity contribution in [2.24, 2.45) is 4.99 Å². The molecule has 132 valence electrons. The minimum Gasteiger partial charge on any atom is -0.494 e. The number of nitrogens with one attached hydrogen (secondary N) is 2. The molecule has 1 aromatic heterocycles. The van der Waals surface area contributed by atoms with E-state index in [9.17, 15) is 0 Å². The van der Waals surface area contributed by atoms with Gasteiger partial charge in [-0.15, -0.1) is 24.0 Å². The summed E-state index contributed by atoms with van der Waals surface area (Å²) in [5.74, 6) is 1.78. The van der Waals surface area contributed by atoms with Crippen LogP contribution in [0.2, 0.25) is 0 Å². The van der Waals surface area contributed by atoms with Crippen LogP contribution in [0.5, 0.6) is 5.75 Å². The second-order valence-corrected chi connectivity index (χ2v) is 6.13. The molecule has 4 nitrogen and oxygen atoms in total. The second-order valence-electron chi connectivity index (χ2n) is 5.35. The Hall–Kier alpha value is -1.28. The molecular weight excluding hydrogens is 433 g/mol. The number of hydrogen-bond donors (Lipinski definition) is 2. The molecule has 0 amide bonds. The van der Waals surface area contributed by atoms with Crippen molar-refractivity contribution in [2.45, 2.75) is 26.3 Å². The lowest BCUT2D eigenvalue weighted by Gasteiger charge is -2.11. The fourth-order valence-electron chi connectivity index (χ4n) is 2.06. The van der Waals surface area contributed by atoms with E-state index in [1.807, 2.05) is 12.1 Å². The van der Waals surface area contributed by atoms with E-state index >= 15 is 0 Å². The number of halogens is 1. The predicted molar refractivity (Wildman–Crippen MR) is 114 cm³/mol. The fourth-order valence-corrected chi connectivity index (χ4v) is 2.73. The molecule has 24 heavy (non-hydrogen) atoms. The molecule has 0 unspecified atom stereocenters. The number of hydrogen-bond acceptors (Lipinski definition) is 3. The third-order valence-corrected chi connectivity index (χ3v) is 4.15. The molecule has 1 aromatic carbocycles. The van der Waals surface area contributed by atoms with Gasteiger partial charge in [-0.3, -0.25) is 4.99 Å². The van der Waals surface area contributed by atoms with Crippen LogP contribution in [0.4, 0.5) is 0 Å². The van der Waals surface area contributed by atoms with Gasteiger partial charge in [0.25, 0.3) is 0 Å². The molecule has 0 aliphatic heterocycles. The topological polar surface area (TPSA) is 45.7 Å². The predicted octanol–water partition coefficient (Wildman–Crippen LogP) is 4.20. The summed E-state index contributed by atoms with van der Waals surface area (Å²) >= 11 is 1.71.